The first kappa shape index (κ1) is 12.3. The number of aliphatic hydroxyl groups is 1. The number of hydrogen-bond donors (Lipinski definition) is 2. The van der Waals surface area contributed by atoms with Gasteiger partial charge in [-0.05, 0) is 25.0 Å². The van der Waals surface area contributed by atoms with Crippen molar-refractivity contribution in [1.82, 2.24) is 0 Å². The van der Waals surface area contributed by atoms with Gasteiger partial charge >= 0.3 is 0 Å². The zero-order valence-electron chi connectivity index (χ0n) is 9.78. The quantitative estimate of drug-likeness (QED) is 0.875. The van der Waals surface area contributed by atoms with Gasteiger partial charge in [-0.15, -0.1) is 11.8 Å². The van der Waals surface area contributed by atoms with E-state index >= 15 is 0 Å². The molecule has 3 nitrogen and oxygen atoms in total. The fourth-order valence-electron chi connectivity index (χ4n) is 2.52. The number of anilines is 1. The van der Waals surface area contributed by atoms with E-state index in [4.69, 9.17) is 11.6 Å². The van der Waals surface area contributed by atoms with Crippen molar-refractivity contribution >= 4 is 35.0 Å². The number of carbonyl (C=O) groups is 1. The summed E-state index contributed by atoms with van der Waals surface area (Å²) >= 11 is 8.01. The van der Waals surface area contributed by atoms with E-state index in [2.05, 4.69) is 5.32 Å². The minimum Gasteiger partial charge on any atom is -0.378 e. The third-order valence-corrected chi connectivity index (χ3v) is 5.32. The molecule has 0 bridgehead atoms. The average Bonchev–Trinajstić information content (AvgIpc) is 2.92. The van der Waals surface area contributed by atoms with Crippen LogP contribution >= 0.6 is 23.4 Å². The molecule has 0 spiro atoms. The molecule has 1 unspecified atom stereocenters. The van der Waals surface area contributed by atoms with Crippen molar-refractivity contribution in [2.75, 3.05) is 5.32 Å². The molecule has 0 aromatic heterocycles. The summed E-state index contributed by atoms with van der Waals surface area (Å²) < 4.78 is 0. The number of fused-ring (bicyclic) bond motifs is 1. The van der Waals surface area contributed by atoms with Crippen LogP contribution in [0, 0.1) is 0 Å². The van der Waals surface area contributed by atoms with Crippen molar-refractivity contribution in [2.45, 2.75) is 41.9 Å². The highest BCUT2D eigenvalue weighted by Crippen LogP contribution is 2.42. The van der Waals surface area contributed by atoms with Crippen LogP contribution < -0.4 is 5.32 Å². The molecule has 1 saturated carbocycles. The lowest BCUT2D eigenvalue weighted by Crippen LogP contribution is -2.10. The van der Waals surface area contributed by atoms with Gasteiger partial charge in [-0.25, -0.2) is 0 Å². The molecular weight excluding hydrogens is 270 g/mol. The molecule has 1 aliphatic carbocycles. The lowest BCUT2D eigenvalue weighted by Gasteiger charge is -2.12. The van der Waals surface area contributed by atoms with Crippen LogP contribution in [-0.4, -0.2) is 16.3 Å². The van der Waals surface area contributed by atoms with Crippen molar-refractivity contribution < 1.29 is 9.90 Å². The smallest absolute Gasteiger partial charge is 0.257 e. The Kier molecular flexibility index (Phi) is 3.26. The van der Waals surface area contributed by atoms with Crippen LogP contribution in [0.15, 0.2) is 17.0 Å². The van der Waals surface area contributed by atoms with E-state index in [0.29, 0.717) is 21.5 Å². The Balaban J connectivity index is 1.88. The summed E-state index contributed by atoms with van der Waals surface area (Å²) in [6.45, 7) is 0. The van der Waals surface area contributed by atoms with Gasteiger partial charge in [-0.1, -0.05) is 24.4 Å². The van der Waals surface area contributed by atoms with Crippen molar-refractivity contribution in [3.05, 3.63) is 22.7 Å². The van der Waals surface area contributed by atoms with E-state index in [-0.39, 0.29) is 5.91 Å². The van der Waals surface area contributed by atoms with E-state index in [1.54, 1.807) is 17.8 Å². The molecule has 2 aliphatic rings. The Hall–Kier alpha value is -0.710. The molecule has 2 N–H and O–H groups in total. The molecule has 1 atom stereocenters. The predicted molar refractivity (Wildman–Crippen MR) is 73.2 cm³/mol. The maximum absolute atomic E-state index is 11.4. The standard InChI is InChI=1S/C13H14ClNO2S/c14-9-5-8-10(15-13(17)12(8)16)6-11(9)18-7-3-1-2-4-7/h5-7,12,16H,1-4H2,(H,15,17). The molecule has 96 valence electrons. The van der Waals surface area contributed by atoms with Crippen molar-refractivity contribution in [3.8, 4) is 0 Å². The number of thioether (sulfide) groups is 1. The SMILES string of the molecule is O=C1Nc2cc(SC3CCCC3)c(Cl)cc2C1O. The van der Waals surface area contributed by atoms with Gasteiger partial charge in [0.25, 0.3) is 5.91 Å². The van der Waals surface area contributed by atoms with Crippen LogP contribution in [0.25, 0.3) is 0 Å². The first-order chi connectivity index (χ1) is 8.65. The van der Waals surface area contributed by atoms with Crippen molar-refractivity contribution in [2.24, 2.45) is 0 Å². The highest BCUT2D eigenvalue weighted by molar-refractivity contribution is 8.00. The molecule has 0 radical (unpaired) electrons. The molecule has 1 aromatic carbocycles. The summed E-state index contributed by atoms with van der Waals surface area (Å²) in [5, 5.41) is 13.6. The first-order valence-corrected chi connectivity index (χ1v) is 7.40. The monoisotopic (exact) mass is 283 g/mol. The molecule has 1 fully saturated rings. The number of carbonyl (C=O) groups excluding carboxylic acids is 1. The Morgan fingerprint density at radius 2 is 2.06 bits per heavy atom. The topological polar surface area (TPSA) is 49.3 Å². The molecule has 0 saturated heterocycles. The number of halogens is 1. The fraction of sp³-hybridized carbons (Fsp3) is 0.462. The van der Waals surface area contributed by atoms with Gasteiger partial charge in [0, 0.05) is 21.4 Å². The highest BCUT2D eigenvalue weighted by atomic mass is 35.5. The number of hydrogen-bond acceptors (Lipinski definition) is 3. The number of nitrogens with one attached hydrogen (secondary N) is 1. The van der Waals surface area contributed by atoms with Crippen LogP contribution in [0.5, 0.6) is 0 Å². The summed E-state index contributed by atoms with van der Waals surface area (Å²) in [6.07, 6.45) is 3.95. The van der Waals surface area contributed by atoms with Crippen molar-refractivity contribution in [1.29, 1.82) is 0 Å². The lowest BCUT2D eigenvalue weighted by molar-refractivity contribution is -0.123. The van der Waals surface area contributed by atoms with Gasteiger partial charge in [0.05, 0.1) is 5.02 Å². The molecule has 3 rings (SSSR count). The third kappa shape index (κ3) is 2.13. The first-order valence-electron chi connectivity index (χ1n) is 6.14. The summed E-state index contributed by atoms with van der Waals surface area (Å²) in [5.41, 5.74) is 1.28. The van der Waals surface area contributed by atoms with Gasteiger partial charge in [-0.3, -0.25) is 4.79 Å². The second-order valence-corrected chi connectivity index (χ2v) is 6.54. The largest absolute Gasteiger partial charge is 0.378 e. The summed E-state index contributed by atoms with van der Waals surface area (Å²) in [5.74, 6) is -0.371. The molecule has 5 heteroatoms. The maximum atomic E-state index is 11.4. The fourth-order valence-corrected chi connectivity index (χ4v) is 4.11. The Morgan fingerprint density at radius 3 is 2.78 bits per heavy atom. The summed E-state index contributed by atoms with van der Waals surface area (Å²) in [7, 11) is 0. The van der Waals surface area contributed by atoms with Gasteiger partial charge in [0.2, 0.25) is 0 Å². The van der Waals surface area contributed by atoms with Crippen molar-refractivity contribution in [3.63, 3.8) is 0 Å². The summed E-state index contributed by atoms with van der Waals surface area (Å²) in [6, 6.07) is 3.59. The van der Waals surface area contributed by atoms with Gasteiger partial charge < -0.3 is 10.4 Å². The van der Waals surface area contributed by atoms with Gasteiger partial charge in [0.15, 0.2) is 6.10 Å². The van der Waals surface area contributed by atoms with Crippen LogP contribution in [0.4, 0.5) is 5.69 Å². The molecule has 1 amide bonds. The molecule has 1 aromatic rings. The maximum Gasteiger partial charge on any atom is 0.257 e. The lowest BCUT2D eigenvalue weighted by atomic mass is 10.1. The van der Waals surface area contributed by atoms with E-state index in [9.17, 15) is 9.90 Å². The molecule has 18 heavy (non-hydrogen) atoms. The normalized spacial score (nSPS) is 23.2. The number of benzene rings is 1. The Morgan fingerprint density at radius 1 is 1.33 bits per heavy atom. The minimum atomic E-state index is -1.08. The number of aliphatic hydroxyl groups excluding tert-OH is 1. The second-order valence-electron chi connectivity index (χ2n) is 4.79. The Labute approximate surface area is 115 Å². The zero-order valence-corrected chi connectivity index (χ0v) is 11.4. The Bertz CT molecular complexity index is 500. The van der Waals surface area contributed by atoms with E-state index in [0.717, 1.165) is 4.90 Å². The number of amides is 1. The molecule has 1 heterocycles. The second kappa shape index (κ2) is 4.76. The van der Waals surface area contributed by atoms with E-state index < -0.39 is 6.10 Å². The number of rotatable bonds is 2. The van der Waals surface area contributed by atoms with Crippen LogP contribution in [0.2, 0.25) is 5.02 Å². The van der Waals surface area contributed by atoms with Crippen LogP contribution in [0.1, 0.15) is 37.4 Å². The average molecular weight is 284 g/mol. The van der Waals surface area contributed by atoms with E-state index in [1.807, 2.05) is 6.07 Å². The zero-order chi connectivity index (χ0) is 12.7. The van der Waals surface area contributed by atoms with Gasteiger partial charge in [0.1, 0.15) is 0 Å². The predicted octanol–water partition coefficient (Wildman–Crippen LogP) is 3.36. The third-order valence-electron chi connectivity index (χ3n) is 3.50. The van der Waals surface area contributed by atoms with Crippen LogP contribution in [-0.2, 0) is 4.79 Å². The summed E-state index contributed by atoms with van der Waals surface area (Å²) in [4.78, 5) is 12.4. The van der Waals surface area contributed by atoms with Gasteiger partial charge in [-0.2, -0.15) is 0 Å². The van der Waals surface area contributed by atoms with Crippen LogP contribution in [0.3, 0.4) is 0 Å². The van der Waals surface area contributed by atoms with E-state index in [1.165, 1.54) is 25.7 Å². The molecular formula is C13H14ClNO2S. The minimum absolute atomic E-state index is 0.371. The highest BCUT2D eigenvalue weighted by Gasteiger charge is 2.30. The molecule has 1 aliphatic heterocycles.